The number of halogens is 1. The molecule has 7 heteroatoms. The van der Waals surface area contributed by atoms with Gasteiger partial charge >= 0.3 is 0 Å². The maximum atomic E-state index is 12.5. The summed E-state index contributed by atoms with van der Waals surface area (Å²) < 4.78 is 4.92. The van der Waals surface area contributed by atoms with Crippen LogP contribution in [0.5, 0.6) is 0 Å². The van der Waals surface area contributed by atoms with E-state index >= 15 is 0 Å². The summed E-state index contributed by atoms with van der Waals surface area (Å²) in [7, 11) is 1.57. The molecule has 1 aromatic heterocycles. The molecule has 28 heavy (non-hydrogen) atoms. The van der Waals surface area contributed by atoms with E-state index in [1.807, 2.05) is 31.3 Å². The largest absolute Gasteiger partial charge is 0.383 e. The number of methoxy groups -OCH3 is 1. The number of H-pyrrole nitrogens is 1. The normalized spacial score (nSPS) is 10.8. The molecule has 0 saturated heterocycles. The van der Waals surface area contributed by atoms with Gasteiger partial charge in [0.1, 0.15) is 0 Å². The molecule has 146 valence electrons. The van der Waals surface area contributed by atoms with Crippen molar-refractivity contribution in [2.24, 2.45) is 0 Å². The third-order valence-electron chi connectivity index (χ3n) is 4.37. The standard InChI is InChI=1S/C21H22ClN3O3/c1-13-3-5-16-15(12-24-18(16)9-13)11-20(26)25-19-10-14(4-6-17(19)22)21(27)23-7-8-28-2/h3-6,9-10,12,24H,7-8,11H2,1-2H3,(H,23,27)(H,25,26). The fraction of sp³-hybridized carbons (Fsp3) is 0.238. The number of amides is 2. The zero-order chi connectivity index (χ0) is 20.1. The molecule has 3 aromatic rings. The highest BCUT2D eigenvalue weighted by molar-refractivity contribution is 6.34. The second-order valence-electron chi connectivity index (χ2n) is 6.53. The van der Waals surface area contributed by atoms with Crippen molar-refractivity contribution in [2.75, 3.05) is 25.6 Å². The second kappa shape index (κ2) is 8.91. The molecule has 3 rings (SSSR count). The van der Waals surface area contributed by atoms with Gasteiger partial charge in [0.2, 0.25) is 5.91 Å². The Bertz CT molecular complexity index is 1010. The topological polar surface area (TPSA) is 83.2 Å². The van der Waals surface area contributed by atoms with Crippen LogP contribution in [0, 0.1) is 6.92 Å². The Labute approximate surface area is 168 Å². The number of aryl methyl sites for hydroxylation is 1. The molecule has 1 heterocycles. The van der Waals surface area contributed by atoms with Crippen LogP contribution in [-0.4, -0.2) is 37.1 Å². The maximum absolute atomic E-state index is 12.5. The highest BCUT2D eigenvalue weighted by atomic mass is 35.5. The molecular weight excluding hydrogens is 378 g/mol. The van der Waals surface area contributed by atoms with Crippen molar-refractivity contribution in [1.29, 1.82) is 0 Å². The lowest BCUT2D eigenvalue weighted by Crippen LogP contribution is -2.27. The molecule has 0 saturated carbocycles. The summed E-state index contributed by atoms with van der Waals surface area (Å²) in [5.74, 6) is -0.462. The van der Waals surface area contributed by atoms with E-state index in [0.717, 1.165) is 22.0 Å². The highest BCUT2D eigenvalue weighted by Crippen LogP contribution is 2.24. The molecule has 0 atom stereocenters. The first-order chi connectivity index (χ1) is 13.5. The van der Waals surface area contributed by atoms with Gasteiger partial charge in [-0.2, -0.15) is 0 Å². The van der Waals surface area contributed by atoms with Gasteiger partial charge in [-0.05, 0) is 42.3 Å². The molecule has 2 aromatic carbocycles. The predicted molar refractivity (Wildman–Crippen MR) is 111 cm³/mol. The van der Waals surface area contributed by atoms with Gasteiger partial charge in [-0.3, -0.25) is 9.59 Å². The number of aromatic nitrogens is 1. The van der Waals surface area contributed by atoms with E-state index in [0.29, 0.717) is 29.4 Å². The van der Waals surface area contributed by atoms with E-state index in [2.05, 4.69) is 15.6 Å². The first-order valence-electron chi connectivity index (χ1n) is 8.91. The summed E-state index contributed by atoms with van der Waals surface area (Å²) in [4.78, 5) is 27.9. The van der Waals surface area contributed by atoms with Gasteiger partial charge in [0.15, 0.2) is 0 Å². The first-order valence-corrected chi connectivity index (χ1v) is 9.29. The van der Waals surface area contributed by atoms with Crippen molar-refractivity contribution in [3.8, 4) is 0 Å². The van der Waals surface area contributed by atoms with Crippen LogP contribution in [0.3, 0.4) is 0 Å². The van der Waals surface area contributed by atoms with Crippen LogP contribution in [-0.2, 0) is 16.0 Å². The minimum absolute atomic E-state index is 0.198. The number of hydrogen-bond donors (Lipinski definition) is 3. The number of hydrogen-bond acceptors (Lipinski definition) is 3. The molecule has 0 spiro atoms. The molecule has 0 fully saturated rings. The number of fused-ring (bicyclic) bond motifs is 1. The van der Waals surface area contributed by atoms with Gasteiger partial charge in [0, 0.05) is 36.3 Å². The SMILES string of the molecule is COCCNC(=O)c1ccc(Cl)c(NC(=O)Cc2c[nH]c3cc(C)ccc23)c1. The molecule has 0 unspecified atom stereocenters. The van der Waals surface area contributed by atoms with E-state index in [9.17, 15) is 9.59 Å². The maximum Gasteiger partial charge on any atom is 0.251 e. The Balaban J connectivity index is 1.70. The lowest BCUT2D eigenvalue weighted by atomic mass is 10.1. The van der Waals surface area contributed by atoms with Crippen molar-refractivity contribution < 1.29 is 14.3 Å². The Morgan fingerprint density at radius 3 is 2.79 bits per heavy atom. The van der Waals surface area contributed by atoms with Crippen molar-refractivity contribution in [3.63, 3.8) is 0 Å². The van der Waals surface area contributed by atoms with Crippen LogP contribution in [0.4, 0.5) is 5.69 Å². The van der Waals surface area contributed by atoms with Crippen molar-refractivity contribution in [1.82, 2.24) is 10.3 Å². The van der Waals surface area contributed by atoms with Crippen LogP contribution in [0.15, 0.2) is 42.6 Å². The number of ether oxygens (including phenoxy) is 1. The summed E-state index contributed by atoms with van der Waals surface area (Å²) in [6.45, 7) is 2.85. The van der Waals surface area contributed by atoms with Gasteiger partial charge in [0.25, 0.3) is 5.91 Å². The number of carbonyl (C=O) groups excluding carboxylic acids is 2. The molecule has 6 nitrogen and oxygen atoms in total. The summed E-state index contributed by atoms with van der Waals surface area (Å²) in [6.07, 6.45) is 2.04. The molecule has 0 aliphatic carbocycles. The third kappa shape index (κ3) is 4.71. The number of nitrogens with one attached hydrogen (secondary N) is 3. The first kappa shape index (κ1) is 19.9. The number of benzene rings is 2. The van der Waals surface area contributed by atoms with Crippen LogP contribution in [0.1, 0.15) is 21.5 Å². The van der Waals surface area contributed by atoms with Crippen molar-refractivity contribution in [2.45, 2.75) is 13.3 Å². The van der Waals surface area contributed by atoms with Gasteiger partial charge < -0.3 is 20.4 Å². The molecule has 2 amide bonds. The summed E-state index contributed by atoms with van der Waals surface area (Å²) in [6, 6.07) is 10.8. The quantitative estimate of drug-likeness (QED) is 0.530. The van der Waals surface area contributed by atoms with E-state index in [4.69, 9.17) is 16.3 Å². The van der Waals surface area contributed by atoms with Crippen molar-refractivity contribution >= 4 is 40.0 Å². The number of anilines is 1. The Hall–Kier alpha value is -2.83. The minimum atomic E-state index is -0.254. The highest BCUT2D eigenvalue weighted by Gasteiger charge is 2.13. The fourth-order valence-corrected chi connectivity index (χ4v) is 3.11. The Morgan fingerprint density at radius 2 is 2.00 bits per heavy atom. The Morgan fingerprint density at radius 1 is 1.18 bits per heavy atom. The lowest BCUT2D eigenvalue weighted by molar-refractivity contribution is -0.115. The molecule has 3 N–H and O–H groups in total. The monoisotopic (exact) mass is 399 g/mol. The van der Waals surface area contributed by atoms with Gasteiger partial charge in [0.05, 0.1) is 23.7 Å². The molecule has 0 radical (unpaired) electrons. The fourth-order valence-electron chi connectivity index (χ4n) is 2.94. The van der Waals surface area contributed by atoms with Crippen LogP contribution < -0.4 is 10.6 Å². The van der Waals surface area contributed by atoms with Crippen LogP contribution in [0.25, 0.3) is 10.9 Å². The number of aromatic amines is 1. The molecule has 0 bridgehead atoms. The van der Waals surface area contributed by atoms with Crippen LogP contribution >= 0.6 is 11.6 Å². The zero-order valence-corrected chi connectivity index (χ0v) is 16.5. The molecule has 0 aliphatic heterocycles. The summed E-state index contributed by atoms with van der Waals surface area (Å²) in [5, 5.41) is 6.92. The van der Waals surface area contributed by atoms with E-state index in [-0.39, 0.29) is 18.2 Å². The number of carbonyl (C=O) groups is 2. The van der Waals surface area contributed by atoms with E-state index in [1.165, 1.54) is 0 Å². The molecule has 0 aliphatic rings. The van der Waals surface area contributed by atoms with Crippen molar-refractivity contribution in [3.05, 3.63) is 64.3 Å². The summed E-state index contributed by atoms with van der Waals surface area (Å²) >= 11 is 6.19. The van der Waals surface area contributed by atoms with Crippen LogP contribution in [0.2, 0.25) is 5.02 Å². The number of rotatable bonds is 7. The summed E-state index contributed by atoms with van der Waals surface area (Å²) in [5.41, 5.74) is 3.87. The average molecular weight is 400 g/mol. The smallest absolute Gasteiger partial charge is 0.251 e. The molecular formula is C21H22ClN3O3. The van der Waals surface area contributed by atoms with Gasteiger partial charge in [-0.25, -0.2) is 0 Å². The lowest BCUT2D eigenvalue weighted by Gasteiger charge is -2.10. The van der Waals surface area contributed by atoms with Gasteiger partial charge in [-0.1, -0.05) is 23.7 Å². The zero-order valence-electron chi connectivity index (χ0n) is 15.8. The van der Waals surface area contributed by atoms with E-state index in [1.54, 1.807) is 25.3 Å². The second-order valence-corrected chi connectivity index (χ2v) is 6.94. The third-order valence-corrected chi connectivity index (χ3v) is 4.70. The minimum Gasteiger partial charge on any atom is -0.383 e. The van der Waals surface area contributed by atoms with Gasteiger partial charge in [-0.15, -0.1) is 0 Å². The predicted octanol–water partition coefficient (Wildman–Crippen LogP) is 3.69. The average Bonchev–Trinajstić information content (AvgIpc) is 3.05. The van der Waals surface area contributed by atoms with E-state index < -0.39 is 0 Å². The Kier molecular flexibility index (Phi) is 6.34.